The first-order chi connectivity index (χ1) is 6.68. The number of hydrogen-bond donors (Lipinski definition) is 1. The Morgan fingerprint density at radius 2 is 2.43 bits per heavy atom. The maximum atomic E-state index is 9.96. The Bertz CT molecular complexity index is 368. The van der Waals surface area contributed by atoms with E-state index in [0.29, 0.717) is 12.4 Å². The summed E-state index contributed by atoms with van der Waals surface area (Å²) in [5.41, 5.74) is 1.68. The molecule has 0 saturated carbocycles. The Morgan fingerprint density at radius 1 is 1.64 bits per heavy atom. The predicted octanol–water partition coefficient (Wildman–Crippen LogP) is 1.07. The van der Waals surface area contributed by atoms with Crippen molar-refractivity contribution in [2.75, 3.05) is 6.61 Å². The van der Waals surface area contributed by atoms with Crippen molar-refractivity contribution in [2.45, 2.75) is 19.4 Å². The summed E-state index contributed by atoms with van der Waals surface area (Å²) in [7, 11) is 1.82. The Hall–Kier alpha value is -1.29. The first-order valence-electron chi connectivity index (χ1n) is 4.70. The second kappa shape index (κ2) is 3.46. The zero-order valence-electron chi connectivity index (χ0n) is 8.40. The van der Waals surface area contributed by atoms with Crippen molar-refractivity contribution in [1.29, 1.82) is 0 Å². The average molecular weight is 194 g/mol. The SMILES string of the molecule is Cc1cc(C(O)C2=CCCO2)n(C)n1. The van der Waals surface area contributed by atoms with Crippen molar-refractivity contribution in [2.24, 2.45) is 7.05 Å². The van der Waals surface area contributed by atoms with Crippen molar-refractivity contribution < 1.29 is 9.84 Å². The number of nitrogens with zero attached hydrogens (tertiary/aromatic N) is 2. The Labute approximate surface area is 82.8 Å². The highest BCUT2D eigenvalue weighted by molar-refractivity contribution is 5.20. The largest absolute Gasteiger partial charge is 0.495 e. The van der Waals surface area contributed by atoms with Gasteiger partial charge in [0.1, 0.15) is 5.76 Å². The smallest absolute Gasteiger partial charge is 0.152 e. The first-order valence-corrected chi connectivity index (χ1v) is 4.70. The summed E-state index contributed by atoms with van der Waals surface area (Å²) in [6.45, 7) is 2.57. The molecule has 1 aromatic heterocycles. The molecule has 0 saturated heterocycles. The zero-order chi connectivity index (χ0) is 10.1. The van der Waals surface area contributed by atoms with Crippen LogP contribution in [0.5, 0.6) is 0 Å². The third-order valence-electron chi connectivity index (χ3n) is 2.32. The normalized spacial score (nSPS) is 17.8. The number of hydrogen-bond acceptors (Lipinski definition) is 3. The summed E-state index contributed by atoms with van der Waals surface area (Å²) in [5, 5.41) is 14.1. The molecular formula is C10H14N2O2. The monoisotopic (exact) mass is 194 g/mol. The van der Waals surface area contributed by atoms with Crippen LogP contribution in [-0.2, 0) is 11.8 Å². The van der Waals surface area contributed by atoms with E-state index in [-0.39, 0.29) is 0 Å². The third-order valence-corrected chi connectivity index (χ3v) is 2.32. The van der Waals surface area contributed by atoms with Crippen molar-refractivity contribution in [3.8, 4) is 0 Å². The van der Waals surface area contributed by atoms with Crippen LogP contribution in [0.15, 0.2) is 17.9 Å². The molecule has 0 fully saturated rings. The van der Waals surface area contributed by atoms with E-state index in [1.54, 1.807) is 4.68 Å². The maximum absolute atomic E-state index is 9.96. The highest BCUT2D eigenvalue weighted by atomic mass is 16.5. The van der Waals surface area contributed by atoms with E-state index in [0.717, 1.165) is 17.8 Å². The van der Waals surface area contributed by atoms with Crippen molar-refractivity contribution in [3.05, 3.63) is 29.3 Å². The number of aliphatic hydroxyl groups excluding tert-OH is 1. The van der Waals surface area contributed by atoms with Crippen LogP contribution in [0.2, 0.25) is 0 Å². The van der Waals surface area contributed by atoms with Gasteiger partial charge in [-0.25, -0.2) is 0 Å². The molecule has 0 bridgehead atoms. The van der Waals surface area contributed by atoms with Crippen molar-refractivity contribution in [1.82, 2.24) is 9.78 Å². The maximum Gasteiger partial charge on any atom is 0.152 e. The van der Waals surface area contributed by atoms with Gasteiger partial charge in [0.05, 0.1) is 18.0 Å². The van der Waals surface area contributed by atoms with Crippen LogP contribution in [0.1, 0.15) is 23.9 Å². The van der Waals surface area contributed by atoms with E-state index >= 15 is 0 Å². The second-order valence-corrected chi connectivity index (χ2v) is 3.48. The van der Waals surface area contributed by atoms with Gasteiger partial charge in [-0.2, -0.15) is 5.10 Å². The molecule has 0 aromatic carbocycles. The van der Waals surface area contributed by atoms with Crippen molar-refractivity contribution in [3.63, 3.8) is 0 Å². The number of aryl methyl sites for hydroxylation is 2. The second-order valence-electron chi connectivity index (χ2n) is 3.48. The standard InChI is InChI=1S/C10H14N2O2/c1-7-6-8(12(2)11-7)10(13)9-4-3-5-14-9/h4,6,10,13H,3,5H2,1-2H3. The molecule has 0 amide bonds. The number of aromatic nitrogens is 2. The van der Waals surface area contributed by atoms with Crippen LogP contribution in [0.3, 0.4) is 0 Å². The first kappa shape index (κ1) is 9.27. The summed E-state index contributed by atoms with van der Waals surface area (Å²) in [6, 6.07) is 1.87. The van der Waals surface area contributed by atoms with Gasteiger partial charge in [0, 0.05) is 13.5 Å². The van der Waals surface area contributed by atoms with Gasteiger partial charge in [0.15, 0.2) is 6.10 Å². The van der Waals surface area contributed by atoms with Crippen molar-refractivity contribution >= 4 is 0 Å². The fourth-order valence-corrected chi connectivity index (χ4v) is 1.66. The molecule has 0 spiro atoms. The summed E-state index contributed by atoms with van der Waals surface area (Å²) < 4.78 is 6.99. The number of aliphatic hydroxyl groups is 1. The molecule has 1 unspecified atom stereocenters. The van der Waals surface area contributed by atoms with Gasteiger partial charge >= 0.3 is 0 Å². The molecule has 1 aromatic rings. The van der Waals surface area contributed by atoms with Crippen LogP contribution < -0.4 is 0 Å². The van der Waals surface area contributed by atoms with Gasteiger partial charge in [-0.05, 0) is 19.1 Å². The van der Waals surface area contributed by atoms with Crippen LogP contribution in [-0.4, -0.2) is 21.5 Å². The fraction of sp³-hybridized carbons (Fsp3) is 0.500. The van der Waals surface area contributed by atoms with Gasteiger partial charge in [-0.15, -0.1) is 0 Å². The molecule has 0 aliphatic carbocycles. The van der Waals surface area contributed by atoms with Gasteiger partial charge in [-0.1, -0.05) is 0 Å². The predicted molar refractivity (Wildman–Crippen MR) is 51.6 cm³/mol. The van der Waals surface area contributed by atoms with E-state index < -0.39 is 6.10 Å². The molecule has 4 heteroatoms. The molecule has 1 aliphatic rings. The highest BCUT2D eigenvalue weighted by Crippen LogP contribution is 2.26. The van der Waals surface area contributed by atoms with Crippen LogP contribution in [0, 0.1) is 6.92 Å². The fourth-order valence-electron chi connectivity index (χ4n) is 1.66. The minimum absolute atomic E-state index is 0.646. The highest BCUT2D eigenvalue weighted by Gasteiger charge is 2.21. The number of ether oxygens (including phenoxy) is 1. The molecule has 1 atom stereocenters. The quantitative estimate of drug-likeness (QED) is 0.766. The Morgan fingerprint density at radius 3 is 2.93 bits per heavy atom. The topological polar surface area (TPSA) is 47.3 Å². The van der Waals surface area contributed by atoms with E-state index in [4.69, 9.17) is 4.74 Å². The average Bonchev–Trinajstić information content (AvgIpc) is 2.73. The van der Waals surface area contributed by atoms with Crippen LogP contribution in [0.25, 0.3) is 0 Å². The van der Waals surface area contributed by atoms with E-state index in [9.17, 15) is 5.11 Å². The van der Waals surface area contributed by atoms with Gasteiger partial charge in [0.2, 0.25) is 0 Å². The molecule has 2 heterocycles. The zero-order valence-corrected chi connectivity index (χ0v) is 8.40. The van der Waals surface area contributed by atoms with E-state index in [2.05, 4.69) is 5.10 Å². The molecule has 1 N–H and O–H groups in total. The molecule has 2 rings (SSSR count). The lowest BCUT2D eigenvalue weighted by molar-refractivity contribution is 0.113. The van der Waals surface area contributed by atoms with Gasteiger partial charge in [0.25, 0.3) is 0 Å². The van der Waals surface area contributed by atoms with E-state index in [1.807, 2.05) is 26.1 Å². The molecule has 14 heavy (non-hydrogen) atoms. The minimum Gasteiger partial charge on any atom is -0.495 e. The van der Waals surface area contributed by atoms with Crippen LogP contribution >= 0.6 is 0 Å². The summed E-state index contributed by atoms with van der Waals surface area (Å²) >= 11 is 0. The summed E-state index contributed by atoms with van der Waals surface area (Å²) in [6.07, 6.45) is 2.12. The lowest BCUT2D eigenvalue weighted by Crippen LogP contribution is -2.08. The Balaban J connectivity index is 2.25. The summed E-state index contributed by atoms with van der Waals surface area (Å²) in [4.78, 5) is 0. The molecule has 1 aliphatic heterocycles. The minimum atomic E-state index is -0.677. The third kappa shape index (κ3) is 1.53. The van der Waals surface area contributed by atoms with Gasteiger partial charge in [-0.3, -0.25) is 4.68 Å². The molecule has 76 valence electrons. The van der Waals surface area contributed by atoms with Crippen LogP contribution in [0.4, 0.5) is 0 Å². The molecular weight excluding hydrogens is 180 g/mol. The lowest BCUT2D eigenvalue weighted by atomic mass is 10.2. The lowest BCUT2D eigenvalue weighted by Gasteiger charge is -2.11. The number of rotatable bonds is 2. The molecule has 4 nitrogen and oxygen atoms in total. The summed E-state index contributed by atoms with van der Waals surface area (Å²) in [5.74, 6) is 0.646. The van der Waals surface area contributed by atoms with Gasteiger partial charge < -0.3 is 9.84 Å². The molecule has 0 radical (unpaired) electrons. The van der Waals surface area contributed by atoms with E-state index in [1.165, 1.54) is 0 Å². The Kier molecular flexibility index (Phi) is 2.29.